The molecule has 1 heterocycles. The number of rotatable bonds is 11. The van der Waals surface area contributed by atoms with Gasteiger partial charge in [0.1, 0.15) is 48.4 Å². The summed E-state index contributed by atoms with van der Waals surface area (Å²) in [6.45, 7) is 7.40. The molecule has 0 spiro atoms. The maximum atomic E-state index is 11.7. The van der Waals surface area contributed by atoms with E-state index in [1.807, 2.05) is 97.1 Å². The van der Waals surface area contributed by atoms with Crippen LogP contribution in [0.1, 0.15) is 60.7 Å². The van der Waals surface area contributed by atoms with Crippen molar-refractivity contribution in [2.45, 2.75) is 63.7 Å². The number of aliphatic hydroxyl groups excluding tert-OH is 2. The Morgan fingerprint density at radius 1 is 0.510 bits per heavy atom. The molecule has 0 aromatic heterocycles. The lowest BCUT2D eigenvalue weighted by molar-refractivity contribution is 0.0276. The van der Waals surface area contributed by atoms with Crippen molar-refractivity contribution < 1.29 is 29.2 Å². The number of nitrogens with zero attached hydrogens (tertiary/aromatic N) is 1. The molecule has 254 valence electrons. The maximum Gasteiger partial charge on any atom is 0.119 e. The molecule has 0 bridgehead atoms. The highest BCUT2D eigenvalue weighted by Crippen LogP contribution is 2.48. The molecule has 7 heteroatoms. The van der Waals surface area contributed by atoms with Crippen molar-refractivity contribution in [3.05, 3.63) is 149 Å². The molecule has 0 saturated carbocycles. The van der Waals surface area contributed by atoms with Gasteiger partial charge in [-0.15, -0.1) is 0 Å². The van der Waals surface area contributed by atoms with Crippen LogP contribution >= 0.6 is 0 Å². The smallest absolute Gasteiger partial charge is 0.119 e. The van der Waals surface area contributed by atoms with Gasteiger partial charge in [0.2, 0.25) is 0 Å². The van der Waals surface area contributed by atoms with Crippen LogP contribution in [0.3, 0.4) is 0 Å². The van der Waals surface area contributed by atoms with Crippen molar-refractivity contribution in [2.24, 2.45) is 0 Å². The number of aliphatic hydroxyl groups is 2. The van der Waals surface area contributed by atoms with E-state index in [1.165, 1.54) is 5.56 Å². The molecule has 1 aliphatic heterocycles. The minimum absolute atomic E-state index is 0.00926. The third-order valence-corrected chi connectivity index (χ3v) is 9.20. The summed E-state index contributed by atoms with van der Waals surface area (Å²) in [6, 6.07) is 38.6. The van der Waals surface area contributed by atoms with Crippen LogP contribution in [-0.4, -0.2) is 36.6 Å². The molecule has 49 heavy (non-hydrogen) atoms. The van der Waals surface area contributed by atoms with Crippen molar-refractivity contribution in [3.63, 3.8) is 0 Å². The summed E-state index contributed by atoms with van der Waals surface area (Å²) < 4.78 is 22.6. The molecule has 0 radical (unpaired) electrons. The summed E-state index contributed by atoms with van der Waals surface area (Å²) >= 11 is 0. The largest absolute Gasteiger partial charge is 0.497 e. The van der Waals surface area contributed by atoms with Crippen LogP contribution in [-0.2, 0) is 18.6 Å². The SMILES string of the molecule is COc1ccc(COc2ccc(C3[C@H](O)[C@@H](O)[C@@H](c4ccc(OCc5ccc(OC)cc5)cc4)N3c3ccc(C(C)(C)C)cc3)cc2)cc1. The van der Waals surface area contributed by atoms with E-state index in [4.69, 9.17) is 18.9 Å². The van der Waals surface area contributed by atoms with Crippen LogP contribution in [0.25, 0.3) is 0 Å². The fraction of sp³-hybridized carbons (Fsp3) is 0.286. The van der Waals surface area contributed by atoms with Crippen molar-refractivity contribution >= 4 is 5.69 Å². The van der Waals surface area contributed by atoms with Gasteiger partial charge in [0.15, 0.2) is 0 Å². The van der Waals surface area contributed by atoms with Crippen molar-refractivity contribution in [3.8, 4) is 23.0 Å². The molecule has 5 aromatic rings. The summed E-state index contributed by atoms with van der Waals surface area (Å²) in [4.78, 5) is 2.14. The van der Waals surface area contributed by atoms with Gasteiger partial charge in [-0.1, -0.05) is 81.4 Å². The Morgan fingerprint density at radius 3 is 1.22 bits per heavy atom. The monoisotopic (exact) mass is 659 g/mol. The Morgan fingerprint density at radius 2 is 0.878 bits per heavy atom. The van der Waals surface area contributed by atoms with E-state index in [-0.39, 0.29) is 5.41 Å². The fourth-order valence-electron chi connectivity index (χ4n) is 6.35. The summed E-state index contributed by atoms with van der Waals surface area (Å²) in [5.41, 5.74) is 5.94. The molecule has 1 aliphatic rings. The molecule has 1 unspecified atom stereocenters. The van der Waals surface area contributed by atoms with Crippen LogP contribution < -0.4 is 23.8 Å². The quantitative estimate of drug-likeness (QED) is 0.148. The summed E-state index contributed by atoms with van der Waals surface area (Å²) in [7, 11) is 3.30. The van der Waals surface area contributed by atoms with Crippen molar-refractivity contribution in [1.82, 2.24) is 0 Å². The van der Waals surface area contributed by atoms with Gasteiger partial charge in [0.25, 0.3) is 0 Å². The topological polar surface area (TPSA) is 80.6 Å². The lowest BCUT2D eigenvalue weighted by Crippen LogP contribution is -2.29. The first kappa shape index (κ1) is 33.9. The van der Waals surface area contributed by atoms with Gasteiger partial charge < -0.3 is 34.1 Å². The van der Waals surface area contributed by atoms with Crippen molar-refractivity contribution in [1.29, 1.82) is 0 Å². The van der Waals surface area contributed by atoms with E-state index in [0.717, 1.165) is 50.9 Å². The van der Waals surface area contributed by atoms with Gasteiger partial charge in [0, 0.05) is 5.69 Å². The molecule has 5 aromatic carbocycles. The second-order valence-electron chi connectivity index (χ2n) is 13.5. The predicted molar refractivity (Wildman–Crippen MR) is 193 cm³/mol. The van der Waals surface area contributed by atoms with Gasteiger partial charge in [0.05, 0.1) is 26.3 Å². The molecule has 2 N–H and O–H groups in total. The highest BCUT2D eigenvalue weighted by molar-refractivity contribution is 5.57. The molecule has 1 fully saturated rings. The molecule has 7 nitrogen and oxygen atoms in total. The Balaban J connectivity index is 1.25. The molecular weight excluding hydrogens is 614 g/mol. The normalized spacial score (nSPS) is 19.0. The zero-order chi connectivity index (χ0) is 34.5. The highest BCUT2D eigenvalue weighted by Gasteiger charge is 2.49. The van der Waals surface area contributed by atoms with Gasteiger partial charge in [-0.05, 0) is 93.9 Å². The van der Waals surface area contributed by atoms with E-state index in [1.54, 1.807) is 14.2 Å². The minimum Gasteiger partial charge on any atom is -0.497 e. The van der Waals surface area contributed by atoms with Crippen LogP contribution in [0.4, 0.5) is 5.69 Å². The number of benzene rings is 5. The number of methoxy groups -OCH3 is 2. The summed E-state index contributed by atoms with van der Waals surface area (Å²) in [5, 5.41) is 23.3. The zero-order valence-corrected chi connectivity index (χ0v) is 28.7. The Bertz CT molecular complexity index is 1670. The Kier molecular flexibility index (Phi) is 10.1. The van der Waals surface area contributed by atoms with Crippen LogP contribution in [0.15, 0.2) is 121 Å². The van der Waals surface area contributed by atoms with E-state index in [0.29, 0.717) is 13.2 Å². The molecule has 6 rings (SSSR count). The molecule has 0 aliphatic carbocycles. The minimum atomic E-state index is -1.04. The van der Waals surface area contributed by atoms with Gasteiger partial charge >= 0.3 is 0 Å². The summed E-state index contributed by atoms with van der Waals surface area (Å²) in [5.74, 6) is 3.04. The third kappa shape index (κ3) is 7.69. The first-order chi connectivity index (χ1) is 23.6. The van der Waals surface area contributed by atoms with E-state index in [9.17, 15) is 10.2 Å². The second-order valence-corrected chi connectivity index (χ2v) is 13.5. The standard InChI is InChI=1S/C42H45NO6/c1-42(2,3)32-14-16-33(17-15-32)43-38(30-10-22-36(23-11-30)48-26-28-6-18-34(46-4)19-7-28)40(44)41(45)39(43)31-12-24-37(25-13-31)49-27-29-8-20-35(47-5)21-9-29/h6-25,38-41,44-45H,26-27H2,1-5H3/t38-,39?,40+,41+/m1/s1. The molecule has 1 saturated heterocycles. The van der Waals surface area contributed by atoms with Crippen LogP contribution in [0, 0.1) is 0 Å². The molecule has 4 atom stereocenters. The van der Waals surface area contributed by atoms with E-state index < -0.39 is 24.3 Å². The zero-order valence-electron chi connectivity index (χ0n) is 28.7. The second kappa shape index (κ2) is 14.6. The van der Waals surface area contributed by atoms with E-state index in [2.05, 4.69) is 49.9 Å². The maximum absolute atomic E-state index is 11.7. The summed E-state index contributed by atoms with van der Waals surface area (Å²) in [6.07, 6.45) is -2.08. The van der Waals surface area contributed by atoms with E-state index >= 15 is 0 Å². The number of hydrogen-bond acceptors (Lipinski definition) is 7. The number of anilines is 1. The Hall–Kier alpha value is -4.98. The van der Waals surface area contributed by atoms with Crippen LogP contribution in [0.2, 0.25) is 0 Å². The lowest BCUT2D eigenvalue weighted by atomic mass is 9.87. The molecule has 0 amide bonds. The first-order valence-corrected chi connectivity index (χ1v) is 16.6. The van der Waals surface area contributed by atoms with Crippen LogP contribution in [0.5, 0.6) is 23.0 Å². The van der Waals surface area contributed by atoms with Gasteiger partial charge in [-0.2, -0.15) is 0 Å². The molecular formula is C42H45NO6. The van der Waals surface area contributed by atoms with Gasteiger partial charge in [-0.25, -0.2) is 0 Å². The average molecular weight is 660 g/mol. The van der Waals surface area contributed by atoms with Crippen molar-refractivity contribution in [2.75, 3.05) is 19.1 Å². The highest BCUT2D eigenvalue weighted by atomic mass is 16.5. The lowest BCUT2D eigenvalue weighted by Gasteiger charge is -2.34. The third-order valence-electron chi connectivity index (χ3n) is 9.20. The number of hydrogen-bond donors (Lipinski definition) is 2. The fourth-order valence-corrected chi connectivity index (χ4v) is 6.35. The first-order valence-electron chi connectivity index (χ1n) is 16.6. The average Bonchev–Trinajstić information content (AvgIpc) is 3.39. The van der Waals surface area contributed by atoms with Gasteiger partial charge in [-0.3, -0.25) is 0 Å². The number of ether oxygens (including phenoxy) is 4. The predicted octanol–water partition coefficient (Wildman–Crippen LogP) is 8.18. The Labute approximate surface area is 289 Å².